The molecule has 0 spiro atoms. The van der Waals surface area contributed by atoms with E-state index in [0.29, 0.717) is 40.1 Å². The quantitative estimate of drug-likeness (QED) is 0.179. The standard InChI is InChI=1S/C20H22N7O4/c1-27(2,11-13-30-19(28)15-3-7-17(8-4-15)23-25-21)12-14-31-20(29)16-5-9-18(10-6-16)24-26-22/h3-10H,11-14H2,1-2H3/q+1. The van der Waals surface area contributed by atoms with Gasteiger partial charge in [0.15, 0.2) is 0 Å². The number of carbonyl (C=O) groups excluding carboxylic acids is 2. The molecule has 0 aliphatic heterocycles. The Hall–Kier alpha value is -4.04. The van der Waals surface area contributed by atoms with Crippen LogP contribution in [0.1, 0.15) is 20.7 Å². The van der Waals surface area contributed by atoms with Crippen LogP contribution >= 0.6 is 0 Å². The van der Waals surface area contributed by atoms with Crippen molar-refractivity contribution in [3.05, 3.63) is 80.5 Å². The highest BCUT2D eigenvalue weighted by atomic mass is 16.5. The molecule has 0 saturated carbocycles. The summed E-state index contributed by atoms with van der Waals surface area (Å²) < 4.78 is 11.1. The fraction of sp³-hybridized carbons (Fsp3) is 0.300. The maximum atomic E-state index is 12.1. The first-order chi connectivity index (χ1) is 14.8. The van der Waals surface area contributed by atoms with E-state index in [9.17, 15) is 9.59 Å². The molecular weight excluding hydrogens is 402 g/mol. The number of hydrogen-bond acceptors (Lipinski definition) is 6. The molecule has 0 aromatic heterocycles. The van der Waals surface area contributed by atoms with Crippen molar-refractivity contribution >= 4 is 23.3 Å². The summed E-state index contributed by atoms with van der Waals surface area (Å²) >= 11 is 0. The second-order valence-corrected chi connectivity index (χ2v) is 7.13. The third-order valence-electron chi connectivity index (χ3n) is 4.39. The zero-order valence-electron chi connectivity index (χ0n) is 17.2. The van der Waals surface area contributed by atoms with Crippen molar-refractivity contribution in [3.63, 3.8) is 0 Å². The zero-order valence-corrected chi connectivity index (χ0v) is 17.2. The van der Waals surface area contributed by atoms with E-state index >= 15 is 0 Å². The smallest absolute Gasteiger partial charge is 0.338 e. The number of hydrogen-bond donors (Lipinski definition) is 0. The maximum absolute atomic E-state index is 12.1. The topological polar surface area (TPSA) is 150 Å². The first-order valence-electron chi connectivity index (χ1n) is 9.31. The number of azide groups is 2. The largest absolute Gasteiger partial charge is 0.456 e. The highest BCUT2D eigenvalue weighted by molar-refractivity contribution is 5.90. The summed E-state index contributed by atoms with van der Waals surface area (Å²) in [6.45, 7) is 1.44. The average molecular weight is 424 g/mol. The van der Waals surface area contributed by atoms with Gasteiger partial charge in [0, 0.05) is 21.2 Å². The van der Waals surface area contributed by atoms with Gasteiger partial charge in [0.25, 0.3) is 0 Å². The first kappa shape index (κ1) is 23.2. The van der Waals surface area contributed by atoms with Crippen LogP contribution in [0.4, 0.5) is 11.4 Å². The van der Waals surface area contributed by atoms with Gasteiger partial charge in [-0.1, -0.05) is 34.5 Å². The summed E-state index contributed by atoms with van der Waals surface area (Å²) in [5.74, 6) is -0.939. The molecule has 11 nitrogen and oxygen atoms in total. The Bertz CT molecular complexity index is 925. The van der Waals surface area contributed by atoms with Crippen molar-refractivity contribution in [2.75, 3.05) is 40.4 Å². The van der Waals surface area contributed by atoms with Gasteiger partial charge in [0.1, 0.15) is 26.3 Å². The first-order valence-corrected chi connectivity index (χ1v) is 9.31. The molecule has 0 aliphatic carbocycles. The van der Waals surface area contributed by atoms with Crippen LogP contribution in [0.3, 0.4) is 0 Å². The van der Waals surface area contributed by atoms with Gasteiger partial charge < -0.3 is 14.0 Å². The van der Waals surface area contributed by atoms with Crippen molar-refractivity contribution in [2.45, 2.75) is 0 Å². The SMILES string of the molecule is C[N+](C)(CCOC(=O)c1ccc(N=[N+]=[N-])cc1)CCOC(=O)c1ccc(N=[N+]=[N-])cc1. The van der Waals surface area contributed by atoms with E-state index in [0.717, 1.165) is 0 Å². The van der Waals surface area contributed by atoms with Crippen LogP contribution in [0.25, 0.3) is 20.9 Å². The molecule has 0 amide bonds. The molecule has 2 aromatic carbocycles. The molecular formula is C20H22N7O4+. The number of ether oxygens (including phenoxy) is 2. The minimum Gasteiger partial charge on any atom is -0.456 e. The third-order valence-corrected chi connectivity index (χ3v) is 4.39. The van der Waals surface area contributed by atoms with Crippen LogP contribution in [0.15, 0.2) is 58.8 Å². The van der Waals surface area contributed by atoms with Gasteiger partial charge >= 0.3 is 11.9 Å². The molecule has 0 aliphatic rings. The van der Waals surface area contributed by atoms with Gasteiger partial charge in [0.05, 0.1) is 25.2 Å². The molecule has 0 unspecified atom stereocenters. The van der Waals surface area contributed by atoms with Crippen molar-refractivity contribution in [3.8, 4) is 0 Å². The number of nitrogens with zero attached hydrogens (tertiary/aromatic N) is 7. The van der Waals surface area contributed by atoms with E-state index < -0.39 is 11.9 Å². The van der Waals surface area contributed by atoms with Gasteiger partial charge in [-0.3, -0.25) is 0 Å². The lowest BCUT2D eigenvalue weighted by Crippen LogP contribution is -2.45. The Morgan fingerprint density at radius 1 is 0.774 bits per heavy atom. The Balaban J connectivity index is 1.74. The molecule has 0 heterocycles. The molecule has 2 rings (SSSR count). The number of benzene rings is 2. The van der Waals surface area contributed by atoms with E-state index in [2.05, 4.69) is 20.1 Å². The normalized spacial score (nSPS) is 10.4. The third kappa shape index (κ3) is 7.71. The maximum Gasteiger partial charge on any atom is 0.338 e. The highest BCUT2D eigenvalue weighted by Crippen LogP contribution is 2.15. The number of carbonyl (C=O) groups is 2. The summed E-state index contributed by atoms with van der Waals surface area (Å²) in [4.78, 5) is 29.6. The van der Waals surface area contributed by atoms with E-state index in [1.54, 1.807) is 0 Å². The van der Waals surface area contributed by atoms with Gasteiger partial charge in [-0.15, -0.1) is 0 Å². The minimum atomic E-state index is -0.469. The van der Waals surface area contributed by atoms with Crippen molar-refractivity contribution in [1.82, 2.24) is 0 Å². The van der Waals surface area contributed by atoms with Gasteiger partial charge in [-0.2, -0.15) is 0 Å². The average Bonchev–Trinajstić information content (AvgIpc) is 2.75. The number of likely N-dealkylation sites (N-methyl/N-ethyl adjacent to an activating group) is 1. The van der Waals surface area contributed by atoms with E-state index in [1.807, 2.05) is 14.1 Å². The Labute approximate surface area is 178 Å². The molecule has 160 valence electrons. The Morgan fingerprint density at radius 3 is 1.45 bits per heavy atom. The van der Waals surface area contributed by atoms with Crippen LogP contribution in [-0.4, -0.2) is 56.8 Å². The minimum absolute atomic E-state index is 0.193. The molecule has 0 N–H and O–H groups in total. The molecule has 0 saturated heterocycles. The number of rotatable bonds is 10. The van der Waals surface area contributed by atoms with Crippen LogP contribution in [0, 0.1) is 0 Å². The second-order valence-electron chi connectivity index (χ2n) is 7.13. The molecule has 0 atom stereocenters. The monoisotopic (exact) mass is 424 g/mol. The molecule has 0 bridgehead atoms. The zero-order chi connectivity index (χ0) is 22.7. The molecule has 31 heavy (non-hydrogen) atoms. The van der Waals surface area contributed by atoms with Gasteiger partial charge in [-0.25, -0.2) is 9.59 Å². The van der Waals surface area contributed by atoms with Gasteiger partial charge in [0.2, 0.25) is 0 Å². The number of esters is 2. The molecule has 11 heteroatoms. The fourth-order valence-electron chi connectivity index (χ4n) is 2.48. The lowest BCUT2D eigenvalue weighted by atomic mass is 10.2. The van der Waals surface area contributed by atoms with Gasteiger partial charge in [-0.05, 0) is 35.3 Å². The molecule has 0 fully saturated rings. The molecule has 0 radical (unpaired) electrons. The van der Waals surface area contributed by atoms with E-state index in [4.69, 9.17) is 20.5 Å². The van der Waals surface area contributed by atoms with Crippen LogP contribution < -0.4 is 0 Å². The van der Waals surface area contributed by atoms with Crippen molar-refractivity contribution in [2.24, 2.45) is 10.2 Å². The second kappa shape index (κ2) is 11.2. The summed E-state index contributed by atoms with van der Waals surface area (Å²) in [7, 11) is 3.87. The Morgan fingerprint density at radius 2 is 1.13 bits per heavy atom. The fourth-order valence-corrected chi connectivity index (χ4v) is 2.48. The predicted octanol–water partition coefficient (Wildman–Crippen LogP) is 4.66. The van der Waals surface area contributed by atoms with E-state index in [1.165, 1.54) is 48.5 Å². The van der Waals surface area contributed by atoms with Crippen molar-refractivity contribution in [1.29, 1.82) is 0 Å². The summed E-state index contributed by atoms with van der Waals surface area (Å²) in [6, 6.07) is 12.3. The highest BCUT2D eigenvalue weighted by Gasteiger charge is 2.18. The summed E-state index contributed by atoms with van der Waals surface area (Å²) in [5, 5.41) is 6.89. The Kier molecular flexibility index (Phi) is 8.41. The number of quaternary nitrogens is 1. The molecule has 2 aromatic rings. The van der Waals surface area contributed by atoms with E-state index in [-0.39, 0.29) is 13.2 Å². The summed E-state index contributed by atoms with van der Waals surface area (Å²) in [5.41, 5.74) is 18.3. The lowest BCUT2D eigenvalue weighted by Gasteiger charge is -2.29. The summed E-state index contributed by atoms with van der Waals surface area (Å²) in [6.07, 6.45) is 0. The van der Waals surface area contributed by atoms with Crippen LogP contribution in [-0.2, 0) is 9.47 Å². The van der Waals surface area contributed by atoms with Crippen LogP contribution in [0.5, 0.6) is 0 Å². The lowest BCUT2D eigenvalue weighted by molar-refractivity contribution is -0.890. The van der Waals surface area contributed by atoms with Crippen molar-refractivity contribution < 1.29 is 23.5 Å². The predicted molar refractivity (Wildman–Crippen MR) is 113 cm³/mol. The van der Waals surface area contributed by atoms with Crippen LogP contribution in [0.2, 0.25) is 0 Å².